The highest BCUT2D eigenvalue weighted by Gasteiger charge is 2.34. The topological polar surface area (TPSA) is 50.7 Å². The third-order valence-electron chi connectivity index (χ3n) is 2.39. The molecule has 1 saturated heterocycles. The fraction of sp³-hybridized carbons (Fsp3) is 1.00. The van der Waals surface area contributed by atoms with Gasteiger partial charge in [0, 0.05) is 33.2 Å². The van der Waals surface area contributed by atoms with Gasteiger partial charge >= 0.3 is 0 Å². The Balaban J connectivity index is 2.23. The zero-order valence-corrected chi connectivity index (χ0v) is 8.38. The maximum atomic E-state index is 9.05. The number of nitrogens with one attached hydrogen (secondary N) is 1. The molecule has 1 unspecified atom stereocenters. The van der Waals surface area contributed by atoms with E-state index >= 15 is 0 Å². The second-order valence-corrected chi connectivity index (χ2v) is 3.67. The van der Waals surface area contributed by atoms with Gasteiger partial charge in [-0.25, -0.2) is 0 Å². The lowest BCUT2D eigenvalue weighted by Gasteiger charge is -2.26. The van der Waals surface area contributed by atoms with Gasteiger partial charge in [-0.2, -0.15) is 0 Å². The molecule has 0 radical (unpaired) electrons. The van der Waals surface area contributed by atoms with E-state index < -0.39 is 0 Å². The summed E-state index contributed by atoms with van der Waals surface area (Å²) in [6, 6.07) is 0. The number of hydrogen-bond donors (Lipinski definition) is 2. The number of methoxy groups -OCH3 is 1. The number of rotatable bonds is 5. The van der Waals surface area contributed by atoms with Crippen molar-refractivity contribution in [2.45, 2.75) is 25.0 Å². The zero-order chi connectivity index (χ0) is 9.73. The van der Waals surface area contributed by atoms with Gasteiger partial charge < -0.3 is 19.9 Å². The fourth-order valence-corrected chi connectivity index (χ4v) is 1.47. The number of aliphatic hydroxyl groups excluding tert-OH is 1. The summed E-state index contributed by atoms with van der Waals surface area (Å²) in [4.78, 5) is 0. The third-order valence-corrected chi connectivity index (χ3v) is 2.39. The second-order valence-electron chi connectivity index (χ2n) is 3.67. The Bertz CT molecular complexity index is 144. The van der Waals surface area contributed by atoms with Gasteiger partial charge in [0.2, 0.25) is 0 Å². The molecule has 0 aromatic carbocycles. The summed E-state index contributed by atoms with van der Waals surface area (Å²) in [5.74, 6) is 0. The molecule has 1 heterocycles. The summed E-state index contributed by atoms with van der Waals surface area (Å²) in [6.07, 6.45) is 0.618. The predicted molar refractivity (Wildman–Crippen MR) is 49.7 cm³/mol. The first-order valence-electron chi connectivity index (χ1n) is 4.70. The minimum Gasteiger partial charge on any atom is -0.392 e. The van der Waals surface area contributed by atoms with Crippen LogP contribution in [0.15, 0.2) is 0 Å². The van der Waals surface area contributed by atoms with Crippen LogP contribution in [0.4, 0.5) is 0 Å². The van der Waals surface area contributed by atoms with Crippen LogP contribution in [0.2, 0.25) is 0 Å². The van der Waals surface area contributed by atoms with E-state index in [0.717, 1.165) is 19.6 Å². The molecule has 4 heteroatoms. The Morgan fingerprint density at radius 2 is 2.46 bits per heavy atom. The Hall–Kier alpha value is -0.160. The van der Waals surface area contributed by atoms with Crippen molar-refractivity contribution in [3.05, 3.63) is 0 Å². The quantitative estimate of drug-likeness (QED) is 0.627. The zero-order valence-electron chi connectivity index (χ0n) is 8.38. The largest absolute Gasteiger partial charge is 0.392 e. The van der Waals surface area contributed by atoms with E-state index in [1.165, 1.54) is 0 Å². The number of hydrogen-bond acceptors (Lipinski definition) is 4. The summed E-state index contributed by atoms with van der Waals surface area (Å²) < 4.78 is 10.7. The van der Waals surface area contributed by atoms with Crippen LogP contribution >= 0.6 is 0 Å². The maximum Gasteiger partial charge on any atom is 0.106 e. The molecule has 0 aliphatic carbocycles. The molecule has 0 aromatic rings. The van der Waals surface area contributed by atoms with Crippen molar-refractivity contribution in [3.8, 4) is 0 Å². The van der Waals surface area contributed by atoms with Crippen molar-refractivity contribution < 1.29 is 14.6 Å². The van der Waals surface area contributed by atoms with Crippen molar-refractivity contribution in [1.82, 2.24) is 5.32 Å². The highest BCUT2D eigenvalue weighted by molar-refractivity contribution is 4.86. The van der Waals surface area contributed by atoms with Crippen LogP contribution in [-0.4, -0.2) is 50.2 Å². The maximum absolute atomic E-state index is 9.05. The first-order chi connectivity index (χ1) is 6.18. The molecule has 0 aromatic heterocycles. The Kier molecular flexibility index (Phi) is 4.12. The molecule has 1 aliphatic rings. The molecule has 0 saturated carbocycles. The molecule has 2 atom stereocenters. The number of aliphatic hydroxyl groups is 1. The monoisotopic (exact) mass is 189 g/mol. The highest BCUT2D eigenvalue weighted by atomic mass is 16.5. The summed E-state index contributed by atoms with van der Waals surface area (Å²) in [5, 5.41) is 12.2. The summed E-state index contributed by atoms with van der Waals surface area (Å²) in [5.41, 5.74) is -0.172. The van der Waals surface area contributed by atoms with E-state index in [1.54, 1.807) is 14.0 Å². The Morgan fingerprint density at radius 1 is 1.69 bits per heavy atom. The molecule has 1 rings (SSSR count). The Morgan fingerprint density at radius 3 is 2.92 bits per heavy atom. The van der Waals surface area contributed by atoms with Crippen molar-refractivity contribution in [3.63, 3.8) is 0 Å². The standard InChI is InChI=1S/C9H19NO3/c1-8(11)5-10-6-9(12-2)3-4-13-7-9/h8,10-11H,3-7H2,1-2H3/t8-,9?/m0/s1. The average Bonchev–Trinajstić information content (AvgIpc) is 2.53. The predicted octanol–water partition coefficient (Wildman–Crippen LogP) is -0.238. The van der Waals surface area contributed by atoms with Crippen molar-refractivity contribution >= 4 is 0 Å². The molecule has 13 heavy (non-hydrogen) atoms. The molecule has 2 N–H and O–H groups in total. The van der Waals surface area contributed by atoms with E-state index in [0.29, 0.717) is 13.2 Å². The molecule has 78 valence electrons. The summed E-state index contributed by atoms with van der Waals surface area (Å²) >= 11 is 0. The lowest BCUT2D eigenvalue weighted by molar-refractivity contribution is -0.0170. The van der Waals surface area contributed by atoms with E-state index in [-0.39, 0.29) is 11.7 Å². The molecule has 0 amide bonds. The normalized spacial score (nSPS) is 30.7. The van der Waals surface area contributed by atoms with Crippen LogP contribution in [0.25, 0.3) is 0 Å². The van der Waals surface area contributed by atoms with E-state index in [1.807, 2.05) is 0 Å². The van der Waals surface area contributed by atoms with Crippen LogP contribution in [0.3, 0.4) is 0 Å². The minimum atomic E-state index is -0.309. The van der Waals surface area contributed by atoms with E-state index in [9.17, 15) is 0 Å². The summed E-state index contributed by atoms with van der Waals surface area (Å²) in [6.45, 7) is 4.53. The van der Waals surface area contributed by atoms with Gasteiger partial charge in [-0.15, -0.1) is 0 Å². The molecule has 1 aliphatic heterocycles. The van der Waals surface area contributed by atoms with Gasteiger partial charge in [0.05, 0.1) is 12.7 Å². The van der Waals surface area contributed by atoms with Crippen LogP contribution in [0.1, 0.15) is 13.3 Å². The van der Waals surface area contributed by atoms with Gasteiger partial charge in [0.25, 0.3) is 0 Å². The molecule has 0 spiro atoms. The van der Waals surface area contributed by atoms with Gasteiger partial charge in [0.15, 0.2) is 0 Å². The van der Waals surface area contributed by atoms with E-state index in [4.69, 9.17) is 14.6 Å². The molecule has 0 bridgehead atoms. The SMILES string of the molecule is COC1(CNC[C@H](C)O)CCOC1. The first-order valence-corrected chi connectivity index (χ1v) is 4.70. The summed E-state index contributed by atoms with van der Waals surface area (Å²) in [7, 11) is 1.71. The van der Waals surface area contributed by atoms with Crippen LogP contribution in [-0.2, 0) is 9.47 Å². The van der Waals surface area contributed by atoms with Gasteiger partial charge in [-0.05, 0) is 6.92 Å². The van der Waals surface area contributed by atoms with Crippen molar-refractivity contribution in [2.24, 2.45) is 0 Å². The lowest BCUT2D eigenvalue weighted by atomic mass is 10.0. The molecule has 4 nitrogen and oxygen atoms in total. The second kappa shape index (κ2) is 4.91. The van der Waals surface area contributed by atoms with Crippen LogP contribution in [0.5, 0.6) is 0 Å². The third kappa shape index (κ3) is 3.23. The smallest absolute Gasteiger partial charge is 0.106 e. The van der Waals surface area contributed by atoms with Crippen LogP contribution in [0, 0.1) is 0 Å². The van der Waals surface area contributed by atoms with Gasteiger partial charge in [0.1, 0.15) is 5.60 Å². The van der Waals surface area contributed by atoms with Gasteiger partial charge in [-0.1, -0.05) is 0 Å². The minimum absolute atomic E-state index is 0.172. The van der Waals surface area contributed by atoms with Crippen LogP contribution < -0.4 is 5.32 Å². The highest BCUT2D eigenvalue weighted by Crippen LogP contribution is 2.21. The first kappa shape index (κ1) is 10.9. The fourth-order valence-electron chi connectivity index (χ4n) is 1.47. The lowest BCUT2D eigenvalue weighted by Crippen LogP contribution is -2.44. The number of ether oxygens (including phenoxy) is 2. The molecular formula is C9H19NO3. The van der Waals surface area contributed by atoms with Crippen molar-refractivity contribution in [1.29, 1.82) is 0 Å². The average molecular weight is 189 g/mol. The van der Waals surface area contributed by atoms with E-state index in [2.05, 4.69) is 5.32 Å². The molecule has 1 fully saturated rings. The van der Waals surface area contributed by atoms with Gasteiger partial charge in [-0.3, -0.25) is 0 Å². The van der Waals surface area contributed by atoms with Crippen molar-refractivity contribution in [2.75, 3.05) is 33.4 Å². The Labute approximate surface area is 79.2 Å². The molecular weight excluding hydrogens is 170 g/mol.